The maximum absolute atomic E-state index is 13.0. The van der Waals surface area contributed by atoms with Crippen LogP contribution in [0.1, 0.15) is 12.5 Å². The van der Waals surface area contributed by atoms with E-state index in [1.54, 1.807) is 6.92 Å². The molecule has 5 heteroatoms. The Bertz CT molecular complexity index is 671. The van der Waals surface area contributed by atoms with Gasteiger partial charge in [0, 0.05) is 0 Å². The van der Waals surface area contributed by atoms with Crippen LogP contribution in [0.3, 0.4) is 0 Å². The summed E-state index contributed by atoms with van der Waals surface area (Å²) in [5.41, 5.74) is 9.81. The van der Waals surface area contributed by atoms with Crippen molar-refractivity contribution in [2.75, 3.05) is 11.7 Å². The summed E-state index contributed by atoms with van der Waals surface area (Å²) in [6.45, 7) is 5.65. The first-order valence-electron chi connectivity index (χ1n) is 7.20. The van der Waals surface area contributed by atoms with Gasteiger partial charge >= 0.3 is 0 Å². The number of hydrazine groups is 1. The molecule has 0 saturated heterocycles. The molecule has 0 spiro atoms. The normalized spacial score (nSPS) is 13.0. The lowest BCUT2D eigenvalue weighted by atomic mass is 9.92. The van der Waals surface area contributed by atoms with E-state index in [1.807, 2.05) is 66.9 Å². The zero-order valence-electron chi connectivity index (χ0n) is 13.3. The second-order valence-electron chi connectivity index (χ2n) is 5.28. The van der Waals surface area contributed by atoms with E-state index in [9.17, 15) is 4.79 Å². The third kappa shape index (κ3) is 3.94. The average molecular weight is 327 g/mol. The maximum Gasteiger partial charge on any atom is 0.270 e. The van der Waals surface area contributed by atoms with Gasteiger partial charge < -0.3 is 5.73 Å². The molecular formula is C18H21N3OS. The van der Waals surface area contributed by atoms with Gasteiger partial charge in [0.05, 0.1) is 10.7 Å². The van der Waals surface area contributed by atoms with Gasteiger partial charge in [0.25, 0.3) is 5.91 Å². The van der Waals surface area contributed by atoms with Gasteiger partial charge in [0.15, 0.2) is 0 Å². The largest absolute Gasteiger partial charge is 0.314 e. The lowest BCUT2D eigenvalue weighted by Gasteiger charge is -2.33. The third-order valence-corrected chi connectivity index (χ3v) is 4.17. The molecular weight excluding hydrogens is 306 g/mol. The van der Waals surface area contributed by atoms with Crippen LogP contribution in [0, 0.1) is 0 Å². The quantitative estimate of drug-likeness (QED) is 0.797. The standard InChI is InChI=1S/C18H21N3OS/c1-14(23-3)21(20-16-12-8-5-9-13-16)17(22)18(2,19)15-10-6-4-7-11-15/h4-13,20H,1,19H2,2-3H3/t18-/m0/s1. The van der Waals surface area contributed by atoms with Gasteiger partial charge in [-0.05, 0) is 30.9 Å². The second-order valence-corrected chi connectivity index (χ2v) is 6.16. The van der Waals surface area contributed by atoms with E-state index in [0.29, 0.717) is 5.03 Å². The number of carbonyl (C=O) groups excluding carboxylic acids is 1. The lowest BCUT2D eigenvalue weighted by Crippen LogP contribution is -2.52. The van der Waals surface area contributed by atoms with Crippen LogP contribution in [0.5, 0.6) is 0 Å². The molecule has 3 N–H and O–H groups in total. The van der Waals surface area contributed by atoms with Crippen LogP contribution >= 0.6 is 11.8 Å². The molecule has 0 fully saturated rings. The highest BCUT2D eigenvalue weighted by Crippen LogP contribution is 2.25. The molecule has 0 heterocycles. The summed E-state index contributed by atoms with van der Waals surface area (Å²) in [4.78, 5) is 13.0. The Morgan fingerprint density at radius 1 is 1.13 bits per heavy atom. The van der Waals surface area contributed by atoms with Gasteiger partial charge in [-0.2, -0.15) is 0 Å². The lowest BCUT2D eigenvalue weighted by molar-refractivity contribution is -0.133. The number of nitrogens with one attached hydrogen (secondary N) is 1. The molecule has 1 atom stereocenters. The number of hydrogen-bond donors (Lipinski definition) is 2. The van der Waals surface area contributed by atoms with Gasteiger partial charge in [-0.3, -0.25) is 10.2 Å². The zero-order chi connectivity index (χ0) is 16.9. The van der Waals surface area contributed by atoms with Gasteiger partial charge in [0.1, 0.15) is 5.54 Å². The molecule has 1 amide bonds. The summed E-state index contributed by atoms with van der Waals surface area (Å²) >= 11 is 1.38. The maximum atomic E-state index is 13.0. The predicted octanol–water partition coefficient (Wildman–Crippen LogP) is 3.55. The Kier molecular flexibility index (Phi) is 5.47. The van der Waals surface area contributed by atoms with E-state index in [1.165, 1.54) is 16.8 Å². The summed E-state index contributed by atoms with van der Waals surface area (Å²) in [7, 11) is 0. The minimum absolute atomic E-state index is 0.271. The van der Waals surface area contributed by atoms with Crippen LogP contribution in [-0.4, -0.2) is 17.2 Å². The highest BCUT2D eigenvalue weighted by atomic mass is 32.2. The van der Waals surface area contributed by atoms with Crippen LogP contribution in [0.15, 0.2) is 72.3 Å². The molecule has 0 aliphatic heterocycles. The van der Waals surface area contributed by atoms with Crippen molar-refractivity contribution in [3.63, 3.8) is 0 Å². The van der Waals surface area contributed by atoms with Crippen molar-refractivity contribution in [3.8, 4) is 0 Å². The predicted molar refractivity (Wildman–Crippen MR) is 97.5 cm³/mol. The molecule has 0 saturated carbocycles. The number of rotatable bonds is 6. The fourth-order valence-corrected chi connectivity index (χ4v) is 2.41. The zero-order valence-corrected chi connectivity index (χ0v) is 14.1. The van der Waals surface area contributed by atoms with Crippen LogP contribution in [0.2, 0.25) is 0 Å². The van der Waals surface area contributed by atoms with Crippen LogP contribution in [0.4, 0.5) is 5.69 Å². The summed E-state index contributed by atoms with van der Waals surface area (Å²) < 4.78 is 0. The number of thioether (sulfide) groups is 1. The van der Waals surface area contributed by atoms with E-state index >= 15 is 0 Å². The number of hydrogen-bond acceptors (Lipinski definition) is 4. The smallest absolute Gasteiger partial charge is 0.270 e. The molecule has 120 valence electrons. The summed E-state index contributed by atoms with van der Waals surface area (Å²) in [6.07, 6.45) is 1.87. The number of nitrogens with zero attached hydrogens (tertiary/aromatic N) is 1. The molecule has 2 aromatic carbocycles. The molecule has 4 nitrogen and oxygen atoms in total. The fraction of sp³-hybridized carbons (Fsp3) is 0.167. The fourth-order valence-electron chi connectivity index (χ4n) is 2.10. The SMILES string of the molecule is C=C(SC)N(Nc1ccccc1)C(=O)[C@@](C)(N)c1ccccc1. The minimum Gasteiger partial charge on any atom is -0.314 e. The van der Waals surface area contributed by atoms with E-state index in [-0.39, 0.29) is 5.91 Å². The van der Waals surface area contributed by atoms with Gasteiger partial charge in [0.2, 0.25) is 0 Å². The summed E-state index contributed by atoms with van der Waals surface area (Å²) in [5, 5.41) is 1.99. The number of para-hydroxylation sites is 1. The van der Waals surface area contributed by atoms with Crippen LogP contribution < -0.4 is 11.2 Å². The van der Waals surface area contributed by atoms with Gasteiger partial charge in [-0.1, -0.05) is 55.1 Å². The van der Waals surface area contributed by atoms with Crippen molar-refractivity contribution >= 4 is 23.4 Å². The van der Waals surface area contributed by atoms with Crippen molar-refractivity contribution < 1.29 is 4.79 Å². The van der Waals surface area contributed by atoms with E-state index < -0.39 is 5.54 Å². The number of carbonyl (C=O) groups is 1. The second kappa shape index (κ2) is 7.35. The molecule has 2 aromatic rings. The van der Waals surface area contributed by atoms with Crippen LogP contribution in [-0.2, 0) is 10.3 Å². The summed E-state index contributed by atoms with van der Waals surface area (Å²) in [6, 6.07) is 18.8. The van der Waals surface area contributed by atoms with Crippen molar-refractivity contribution in [1.29, 1.82) is 0 Å². The highest BCUT2D eigenvalue weighted by Gasteiger charge is 2.35. The number of anilines is 1. The Hall–Kier alpha value is -2.24. The number of benzene rings is 2. The third-order valence-electron chi connectivity index (χ3n) is 3.52. The average Bonchev–Trinajstić information content (AvgIpc) is 2.60. The van der Waals surface area contributed by atoms with Crippen molar-refractivity contribution in [3.05, 3.63) is 77.8 Å². The van der Waals surface area contributed by atoms with Crippen molar-refractivity contribution in [1.82, 2.24) is 5.01 Å². The highest BCUT2D eigenvalue weighted by molar-refractivity contribution is 8.02. The van der Waals surface area contributed by atoms with Crippen molar-refractivity contribution in [2.45, 2.75) is 12.5 Å². The van der Waals surface area contributed by atoms with E-state index in [2.05, 4.69) is 12.0 Å². The van der Waals surface area contributed by atoms with Crippen molar-refractivity contribution in [2.24, 2.45) is 5.73 Å². The topological polar surface area (TPSA) is 58.4 Å². The first-order valence-corrected chi connectivity index (χ1v) is 8.43. The molecule has 0 aliphatic rings. The number of amides is 1. The Balaban J connectivity index is 2.31. The first kappa shape index (κ1) is 17.1. The Morgan fingerprint density at radius 2 is 1.65 bits per heavy atom. The van der Waals surface area contributed by atoms with Gasteiger partial charge in [-0.15, -0.1) is 11.8 Å². The number of nitrogens with two attached hydrogens (primary N) is 1. The molecule has 0 unspecified atom stereocenters. The molecule has 0 aromatic heterocycles. The monoisotopic (exact) mass is 327 g/mol. The van der Waals surface area contributed by atoms with Gasteiger partial charge in [-0.25, -0.2) is 5.01 Å². The molecule has 2 rings (SSSR count). The Labute approximate surface area is 141 Å². The minimum atomic E-state index is -1.16. The van der Waals surface area contributed by atoms with Crippen LogP contribution in [0.25, 0.3) is 0 Å². The molecule has 0 radical (unpaired) electrons. The first-order chi connectivity index (χ1) is 11.0. The molecule has 0 bridgehead atoms. The summed E-state index contributed by atoms with van der Waals surface area (Å²) in [5.74, 6) is -0.271. The van der Waals surface area contributed by atoms with E-state index in [4.69, 9.17) is 5.73 Å². The molecule has 23 heavy (non-hydrogen) atoms. The molecule has 0 aliphatic carbocycles. The Morgan fingerprint density at radius 3 is 2.17 bits per heavy atom. The van der Waals surface area contributed by atoms with E-state index in [0.717, 1.165) is 11.3 Å².